The Morgan fingerprint density at radius 3 is 2.71 bits per heavy atom. The summed E-state index contributed by atoms with van der Waals surface area (Å²) in [6.07, 6.45) is 1.69. The van der Waals surface area contributed by atoms with Crippen LogP contribution in [0.4, 0.5) is 0 Å². The van der Waals surface area contributed by atoms with Crippen LogP contribution in [0.25, 0.3) is 10.9 Å². The van der Waals surface area contributed by atoms with Crippen molar-refractivity contribution in [3.05, 3.63) is 112 Å². The number of benzene rings is 3. The Kier molecular flexibility index (Phi) is 6.66. The van der Waals surface area contributed by atoms with Crippen LogP contribution in [0.3, 0.4) is 0 Å². The molecule has 2 atom stereocenters. The molecule has 0 unspecified atom stereocenters. The molecule has 5 heteroatoms. The molecule has 5 rings (SSSR count). The summed E-state index contributed by atoms with van der Waals surface area (Å²) in [5.41, 5.74) is 14.7. The fourth-order valence-electron chi connectivity index (χ4n) is 4.60. The molecule has 4 nitrogen and oxygen atoms in total. The molecule has 1 aromatic heterocycles. The molecule has 0 radical (unpaired) electrons. The minimum atomic E-state index is -0.632. The lowest BCUT2D eigenvalue weighted by Gasteiger charge is -2.29. The number of fused-ring (bicyclic) bond motifs is 3. The number of esters is 1. The summed E-state index contributed by atoms with van der Waals surface area (Å²) in [4.78, 5) is 17.0. The summed E-state index contributed by atoms with van der Waals surface area (Å²) in [6, 6.07) is 27.2. The summed E-state index contributed by atoms with van der Waals surface area (Å²) in [5, 5.41) is 1.28. The number of hydrogen-bond donors (Lipinski definition) is 1. The van der Waals surface area contributed by atoms with Gasteiger partial charge < -0.3 is 10.5 Å². The Bertz CT molecular complexity index is 1340. The average molecular weight is 469 g/mol. The van der Waals surface area contributed by atoms with Crippen molar-refractivity contribution in [2.45, 2.75) is 31.1 Å². The summed E-state index contributed by atoms with van der Waals surface area (Å²) >= 11 is 1.72. The van der Waals surface area contributed by atoms with Crippen LogP contribution in [0, 0.1) is 0 Å². The minimum Gasteiger partial charge on any atom is -0.465 e. The Balaban J connectivity index is 1.43. The number of nitrogens with zero attached hydrogens (tertiary/aromatic N) is 1. The number of ether oxygens (including phenoxy) is 1. The highest BCUT2D eigenvalue weighted by molar-refractivity contribution is 7.99. The third-order valence-corrected chi connectivity index (χ3v) is 7.68. The van der Waals surface area contributed by atoms with E-state index in [4.69, 9.17) is 15.5 Å². The number of nitrogens with two attached hydrogens (primary N) is 1. The van der Waals surface area contributed by atoms with Crippen LogP contribution in [0.1, 0.15) is 45.7 Å². The van der Waals surface area contributed by atoms with E-state index in [9.17, 15) is 4.79 Å². The van der Waals surface area contributed by atoms with Gasteiger partial charge in [0.05, 0.1) is 17.4 Å². The van der Waals surface area contributed by atoms with E-state index in [0.717, 1.165) is 29.4 Å². The maximum absolute atomic E-state index is 12.1. The maximum atomic E-state index is 12.1. The molecule has 2 N–H and O–H groups in total. The molecule has 0 spiro atoms. The van der Waals surface area contributed by atoms with Crippen LogP contribution in [-0.4, -0.2) is 29.4 Å². The average Bonchev–Trinajstić information content (AvgIpc) is 2.86. The number of para-hydroxylation sites is 1. The largest absolute Gasteiger partial charge is 0.465 e. The highest BCUT2D eigenvalue weighted by atomic mass is 32.2. The fourth-order valence-corrected chi connectivity index (χ4v) is 5.94. The van der Waals surface area contributed by atoms with Gasteiger partial charge in [0.15, 0.2) is 0 Å². The zero-order valence-corrected chi connectivity index (χ0v) is 20.1. The Morgan fingerprint density at radius 1 is 1.03 bits per heavy atom. The van der Waals surface area contributed by atoms with Crippen molar-refractivity contribution in [3.8, 4) is 0 Å². The standard InChI is InChI=1S/C29H28N2O2S/c1-2-33-29(32)26(30)18-34-28-24-9-5-3-8-21(24)17-22-12-11-19(16-25(22)28)15-23-14-13-20-7-4-6-10-27(20)31-23/h3-14,16,26,28H,2,15,17-18,30H2,1H3/t26-,28+/m0/s1. The van der Waals surface area contributed by atoms with Gasteiger partial charge in [0, 0.05) is 23.3 Å². The van der Waals surface area contributed by atoms with Gasteiger partial charge >= 0.3 is 5.97 Å². The number of hydrogen-bond acceptors (Lipinski definition) is 5. The fraction of sp³-hybridized carbons (Fsp3) is 0.241. The van der Waals surface area contributed by atoms with Crippen molar-refractivity contribution >= 4 is 28.6 Å². The lowest BCUT2D eigenvalue weighted by atomic mass is 9.84. The first-order valence-corrected chi connectivity index (χ1v) is 12.7. The van der Waals surface area contributed by atoms with Crippen molar-refractivity contribution in [2.24, 2.45) is 5.73 Å². The molecule has 0 amide bonds. The smallest absolute Gasteiger partial charge is 0.323 e. The zero-order valence-electron chi connectivity index (χ0n) is 19.2. The first-order valence-electron chi connectivity index (χ1n) is 11.7. The zero-order chi connectivity index (χ0) is 23.5. The SMILES string of the molecule is CCOC(=O)[C@@H](N)CS[C@@H]1c2ccccc2Cc2ccc(Cc3ccc4ccccc4n3)cc21. The van der Waals surface area contributed by atoms with Crippen molar-refractivity contribution in [1.82, 2.24) is 4.98 Å². The molecule has 34 heavy (non-hydrogen) atoms. The number of rotatable bonds is 7. The van der Waals surface area contributed by atoms with Crippen molar-refractivity contribution in [2.75, 3.05) is 12.4 Å². The molecule has 0 fully saturated rings. The highest BCUT2D eigenvalue weighted by Gasteiger charge is 2.27. The van der Waals surface area contributed by atoms with Gasteiger partial charge in [0.2, 0.25) is 0 Å². The number of carbonyl (C=O) groups excluding carboxylic acids is 1. The number of carbonyl (C=O) groups is 1. The van der Waals surface area contributed by atoms with E-state index in [-0.39, 0.29) is 11.2 Å². The third kappa shape index (κ3) is 4.72. The van der Waals surface area contributed by atoms with E-state index in [0.29, 0.717) is 12.4 Å². The Morgan fingerprint density at radius 2 is 1.82 bits per heavy atom. The second-order valence-electron chi connectivity index (χ2n) is 8.65. The predicted molar refractivity (Wildman–Crippen MR) is 139 cm³/mol. The lowest BCUT2D eigenvalue weighted by molar-refractivity contribution is -0.144. The quantitative estimate of drug-likeness (QED) is 0.366. The highest BCUT2D eigenvalue weighted by Crippen LogP contribution is 2.44. The summed E-state index contributed by atoms with van der Waals surface area (Å²) in [5.74, 6) is 0.170. The van der Waals surface area contributed by atoms with Gasteiger partial charge in [-0.05, 0) is 53.3 Å². The lowest BCUT2D eigenvalue weighted by Crippen LogP contribution is -2.35. The number of pyridine rings is 1. The van der Waals surface area contributed by atoms with Gasteiger partial charge in [-0.2, -0.15) is 0 Å². The Labute approximate surface area is 204 Å². The van der Waals surface area contributed by atoms with Gasteiger partial charge in [-0.25, -0.2) is 0 Å². The van der Waals surface area contributed by atoms with Crippen LogP contribution in [0.5, 0.6) is 0 Å². The summed E-state index contributed by atoms with van der Waals surface area (Å²) in [7, 11) is 0. The number of thioether (sulfide) groups is 1. The second kappa shape index (κ2) is 10.00. The molecule has 0 aliphatic heterocycles. The van der Waals surface area contributed by atoms with Crippen LogP contribution in [-0.2, 0) is 22.4 Å². The first kappa shape index (κ1) is 22.6. The van der Waals surface area contributed by atoms with Crippen molar-refractivity contribution < 1.29 is 9.53 Å². The molecule has 0 saturated heterocycles. The van der Waals surface area contributed by atoms with E-state index in [1.165, 1.54) is 27.8 Å². The molecule has 0 saturated carbocycles. The van der Waals surface area contributed by atoms with Crippen LogP contribution < -0.4 is 5.73 Å². The van der Waals surface area contributed by atoms with Gasteiger partial charge in [0.1, 0.15) is 6.04 Å². The molecule has 0 bridgehead atoms. The van der Waals surface area contributed by atoms with Gasteiger partial charge in [0.25, 0.3) is 0 Å². The molecule has 1 aliphatic carbocycles. The van der Waals surface area contributed by atoms with Crippen LogP contribution in [0.2, 0.25) is 0 Å². The normalized spacial score (nSPS) is 15.4. The third-order valence-electron chi connectivity index (χ3n) is 6.28. The number of aromatic nitrogens is 1. The van der Waals surface area contributed by atoms with Gasteiger partial charge in [-0.15, -0.1) is 11.8 Å². The monoisotopic (exact) mass is 468 g/mol. The maximum Gasteiger partial charge on any atom is 0.323 e. The topological polar surface area (TPSA) is 65.2 Å². The van der Waals surface area contributed by atoms with Crippen LogP contribution in [0.15, 0.2) is 78.9 Å². The Hall–Kier alpha value is -3.15. The van der Waals surface area contributed by atoms with Crippen molar-refractivity contribution in [3.63, 3.8) is 0 Å². The van der Waals surface area contributed by atoms with Crippen LogP contribution >= 0.6 is 11.8 Å². The molecule has 172 valence electrons. The summed E-state index contributed by atoms with van der Waals surface area (Å²) < 4.78 is 5.11. The molecular weight excluding hydrogens is 440 g/mol. The van der Waals surface area contributed by atoms with E-state index < -0.39 is 6.04 Å². The molecule has 1 aliphatic rings. The van der Waals surface area contributed by atoms with E-state index in [2.05, 4.69) is 66.7 Å². The van der Waals surface area contributed by atoms with Crippen molar-refractivity contribution in [1.29, 1.82) is 0 Å². The van der Waals surface area contributed by atoms with E-state index >= 15 is 0 Å². The van der Waals surface area contributed by atoms with Gasteiger partial charge in [-0.3, -0.25) is 9.78 Å². The first-order chi connectivity index (χ1) is 16.6. The minimum absolute atomic E-state index is 0.130. The molecule has 4 aromatic rings. The molecule has 3 aromatic carbocycles. The van der Waals surface area contributed by atoms with Gasteiger partial charge in [-0.1, -0.05) is 66.7 Å². The van der Waals surface area contributed by atoms with E-state index in [1.54, 1.807) is 18.7 Å². The summed E-state index contributed by atoms with van der Waals surface area (Å²) in [6.45, 7) is 2.15. The van der Waals surface area contributed by atoms with E-state index in [1.807, 2.05) is 12.1 Å². The second-order valence-corrected chi connectivity index (χ2v) is 9.79. The predicted octanol–water partition coefficient (Wildman–Crippen LogP) is 5.44. The molecular formula is C29H28N2O2S. The molecule has 1 heterocycles.